The van der Waals surface area contributed by atoms with Gasteiger partial charge in [0.05, 0.1) is 12.0 Å². The van der Waals surface area contributed by atoms with Crippen LogP contribution in [0.3, 0.4) is 0 Å². The molecule has 0 saturated carbocycles. The fourth-order valence-corrected chi connectivity index (χ4v) is 4.58. The standard InChI is InChI=1S/C24H21N3O5S2/c1-15-13-23(28)32-22-14-18(7-12-21(15)22)26-24(33)25-16-5-10-20(11-6-16)34(29,30)27-17-3-8-19(31-2)9-4-17/h3-14,27H,1-2H3,(H2,25,26,33). The van der Waals surface area contributed by atoms with Gasteiger partial charge in [-0.2, -0.15) is 0 Å². The minimum absolute atomic E-state index is 0.104. The minimum atomic E-state index is -3.76. The molecule has 0 bridgehead atoms. The molecule has 0 spiro atoms. The Kier molecular flexibility index (Phi) is 6.53. The maximum atomic E-state index is 12.7. The lowest BCUT2D eigenvalue weighted by molar-refractivity contribution is 0.415. The lowest BCUT2D eigenvalue weighted by Gasteiger charge is -2.12. The Labute approximate surface area is 201 Å². The monoisotopic (exact) mass is 495 g/mol. The second kappa shape index (κ2) is 9.54. The zero-order valence-electron chi connectivity index (χ0n) is 18.3. The number of sulfonamides is 1. The summed E-state index contributed by atoms with van der Waals surface area (Å²) in [6.07, 6.45) is 0. The molecule has 0 aliphatic rings. The fourth-order valence-electron chi connectivity index (χ4n) is 3.29. The van der Waals surface area contributed by atoms with Crippen molar-refractivity contribution in [3.63, 3.8) is 0 Å². The Balaban J connectivity index is 1.42. The number of ether oxygens (including phenoxy) is 1. The Morgan fingerprint density at radius 3 is 2.18 bits per heavy atom. The van der Waals surface area contributed by atoms with Crippen LogP contribution in [0, 0.1) is 6.92 Å². The normalized spacial score (nSPS) is 11.1. The van der Waals surface area contributed by atoms with Crippen molar-refractivity contribution in [1.29, 1.82) is 0 Å². The number of rotatable bonds is 6. The van der Waals surface area contributed by atoms with E-state index >= 15 is 0 Å². The summed E-state index contributed by atoms with van der Waals surface area (Å²) in [6.45, 7) is 1.84. The maximum absolute atomic E-state index is 12.7. The predicted molar refractivity (Wildman–Crippen MR) is 137 cm³/mol. The molecule has 34 heavy (non-hydrogen) atoms. The maximum Gasteiger partial charge on any atom is 0.336 e. The van der Waals surface area contributed by atoms with E-state index < -0.39 is 15.6 Å². The molecule has 1 aromatic heterocycles. The average Bonchev–Trinajstić information content (AvgIpc) is 2.79. The molecule has 8 nitrogen and oxygen atoms in total. The van der Waals surface area contributed by atoms with Crippen molar-refractivity contribution in [3.05, 3.63) is 88.8 Å². The van der Waals surface area contributed by atoms with Gasteiger partial charge in [0.15, 0.2) is 5.11 Å². The first kappa shape index (κ1) is 23.3. The number of anilines is 3. The molecule has 4 rings (SSSR count). The van der Waals surface area contributed by atoms with Gasteiger partial charge in [-0.05, 0) is 85.4 Å². The number of aryl methyl sites for hydroxylation is 1. The molecule has 174 valence electrons. The van der Waals surface area contributed by atoms with E-state index in [1.54, 1.807) is 42.5 Å². The highest BCUT2D eigenvalue weighted by atomic mass is 32.2. The van der Waals surface area contributed by atoms with Crippen molar-refractivity contribution < 1.29 is 17.6 Å². The van der Waals surface area contributed by atoms with Crippen molar-refractivity contribution in [2.45, 2.75) is 11.8 Å². The van der Waals surface area contributed by atoms with Crippen molar-refractivity contribution in [2.24, 2.45) is 0 Å². The predicted octanol–water partition coefficient (Wildman–Crippen LogP) is 4.72. The smallest absolute Gasteiger partial charge is 0.336 e. The van der Waals surface area contributed by atoms with Gasteiger partial charge in [-0.15, -0.1) is 0 Å². The second-order valence-electron chi connectivity index (χ2n) is 7.40. The number of nitrogens with one attached hydrogen (secondary N) is 3. The molecule has 3 aromatic carbocycles. The molecule has 0 saturated heterocycles. The van der Waals surface area contributed by atoms with E-state index in [9.17, 15) is 13.2 Å². The lowest BCUT2D eigenvalue weighted by atomic mass is 10.1. The van der Waals surface area contributed by atoms with Crippen molar-refractivity contribution >= 4 is 55.4 Å². The summed E-state index contributed by atoms with van der Waals surface area (Å²) in [4.78, 5) is 11.7. The largest absolute Gasteiger partial charge is 0.497 e. The summed E-state index contributed by atoms with van der Waals surface area (Å²) < 4.78 is 38.2. The van der Waals surface area contributed by atoms with E-state index in [1.165, 1.54) is 25.3 Å². The van der Waals surface area contributed by atoms with Gasteiger partial charge in [0.2, 0.25) is 0 Å². The van der Waals surface area contributed by atoms with Crippen LogP contribution in [0.5, 0.6) is 5.75 Å². The van der Waals surface area contributed by atoms with E-state index in [2.05, 4.69) is 15.4 Å². The van der Waals surface area contributed by atoms with E-state index in [1.807, 2.05) is 19.1 Å². The van der Waals surface area contributed by atoms with Crippen molar-refractivity contribution in [3.8, 4) is 5.75 Å². The lowest BCUT2D eigenvalue weighted by Crippen LogP contribution is -2.19. The Hall–Kier alpha value is -3.89. The third kappa shape index (κ3) is 5.36. The van der Waals surface area contributed by atoms with Crippen LogP contribution >= 0.6 is 12.2 Å². The molecular formula is C24H21N3O5S2. The van der Waals surface area contributed by atoms with Crippen LogP contribution < -0.4 is 25.7 Å². The summed E-state index contributed by atoms with van der Waals surface area (Å²) in [5, 5.41) is 7.16. The number of hydrogen-bond acceptors (Lipinski definition) is 6. The van der Waals surface area contributed by atoms with Crippen LogP contribution in [0.15, 0.2) is 86.9 Å². The van der Waals surface area contributed by atoms with Crippen LogP contribution in [0.25, 0.3) is 11.0 Å². The summed E-state index contributed by atoms with van der Waals surface area (Å²) in [5.41, 5.74) is 2.53. The zero-order chi connectivity index (χ0) is 24.3. The van der Waals surface area contributed by atoms with E-state index in [-0.39, 0.29) is 4.90 Å². The van der Waals surface area contributed by atoms with Gasteiger partial charge in [0.25, 0.3) is 10.0 Å². The Bertz CT molecular complexity index is 1510. The topological polar surface area (TPSA) is 110 Å². The number of thiocarbonyl (C=S) groups is 1. The van der Waals surface area contributed by atoms with Gasteiger partial charge in [0.1, 0.15) is 11.3 Å². The number of benzene rings is 3. The quantitative estimate of drug-likeness (QED) is 0.260. The second-order valence-corrected chi connectivity index (χ2v) is 9.49. The average molecular weight is 496 g/mol. The molecule has 0 atom stereocenters. The number of methoxy groups -OCH3 is 1. The van der Waals surface area contributed by atoms with E-state index in [0.717, 1.165) is 10.9 Å². The van der Waals surface area contributed by atoms with Crippen LogP contribution in [-0.4, -0.2) is 20.6 Å². The van der Waals surface area contributed by atoms with Gasteiger partial charge < -0.3 is 19.8 Å². The first-order valence-corrected chi connectivity index (χ1v) is 12.0. The van der Waals surface area contributed by atoms with Crippen molar-refractivity contribution in [1.82, 2.24) is 0 Å². The van der Waals surface area contributed by atoms with Crippen LogP contribution in [0.1, 0.15) is 5.56 Å². The highest BCUT2D eigenvalue weighted by Gasteiger charge is 2.14. The molecule has 10 heteroatoms. The Morgan fingerprint density at radius 2 is 1.50 bits per heavy atom. The summed E-state index contributed by atoms with van der Waals surface area (Å²) in [7, 11) is -2.22. The molecule has 0 aliphatic carbocycles. The molecule has 4 aromatic rings. The van der Waals surface area contributed by atoms with Crippen LogP contribution in [0.4, 0.5) is 17.1 Å². The highest BCUT2D eigenvalue weighted by Crippen LogP contribution is 2.22. The third-order valence-corrected chi connectivity index (χ3v) is 6.58. The zero-order valence-corrected chi connectivity index (χ0v) is 19.9. The molecular weight excluding hydrogens is 474 g/mol. The Morgan fingerprint density at radius 1 is 0.882 bits per heavy atom. The first-order valence-electron chi connectivity index (χ1n) is 10.1. The summed E-state index contributed by atoms with van der Waals surface area (Å²) in [5.74, 6) is 0.631. The number of fused-ring (bicyclic) bond motifs is 1. The fraction of sp³-hybridized carbons (Fsp3) is 0.0833. The molecule has 1 heterocycles. The molecule has 0 radical (unpaired) electrons. The molecule has 0 fully saturated rings. The third-order valence-electron chi connectivity index (χ3n) is 4.97. The van der Waals surface area contributed by atoms with Gasteiger partial charge >= 0.3 is 5.63 Å². The van der Waals surface area contributed by atoms with Gasteiger partial charge in [0, 0.05) is 34.6 Å². The van der Waals surface area contributed by atoms with Crippen LogP contribution in [0.2, 0.25) is 0 Å². The SMILES string of the molecule is COc1ccc(NS(=O)(=O)c2ccc(NC(=S)Nc3ccc4c(C)cc(=O)oc4c3)cc2)cc1. The first-order chi connectivity index (χ1) is 16.2. The van der Waals surface area contributed by atoms with Gasteiger partial charge in [-0.1, -0.05) is 0 Å². The van der Waals surface area contributed by atoms with Gasteiger partial charge in [-0.3, -0.25) is 4.72 Å². The summed E-state index contributed by atoms with van der Waals surface area (Å²) in [6, 6.07) is 19.6. The summed E-state index contributed by atoms with van der Waals surface area (Å²) >= 11 is 5.35. The minimum Gasteiger partial charge on any atom is -0.497 e. The molecule has 0 aliphatic heterocycles. The molecule has 0 amide bonds. The van der Waals surface area contributed by atoms with Crippen LogP contribution in [-0.2, 0) is 10.0 Å². The molecule has 3 N–H and O–H groups in total. The highest BCUT2D eigenvalue weighted by molar-refractivity contribution is 7.92. The van der Waals surface area contributed by atoms with E-state index in [0.29, 0.717) is 33.5 Å². The van der Waals surface area contributed by atoms with Gasteiger partial charge in [-0.25, -0.2) is 13.2 Å². The number of hydrogen-bond donors (Lipinski definition) is 3. The molecule has 0 unspecified atom stereocenters. The van der Waals surface area contributed by atoms with Crippen molar-refractivity contribution in [2.75, 3.05) is 22.5 Å². The van der Waals surface area contributed by atoms with E-state index in [4.69, 9.17) is 21.4 Å².